The van der Waals surface area contributed by atoms with Crippen LogP contribution < -0.4 is 10.6 Å². The van der Waals surface area contributed by atoms with E-state index in [2.05, 4.69) is 40.5 Å². The van der Waals surface area contributed by atoms with Gasteiger partial charge in [-0.25, -0.2) is 33.3 Å². The molecule has 0 spiro atoms. The van der Waals surface area contributed by atoms with Gasteiger partial charge in [-0.1, -0.05) is 0 Å². The number of aromatic amines is 1. The Labute approximate surface area is 218 Å². The first-order chi connectivity index (χ1) is 17.5. The first-order valence-electron chi connectivity index (χ1n) is 11.5. The van der Waals surface area contributed by atoms with Gasteiger partial charge in [0, 0.05) is 34.5 Å². The highest BCUT2D eigenvalue weighted by Gasteiger charge is 2.19. The highest BCUT2D eigenvalue weighted by molar-refractivity contribution is 7.90. The third kappa shape index (κ3) is 5.16. The number of rotatable bonds is 6. The number of anilines is 4. The Balaban J connectivity index is 1.59. The molecule has 37 heavy (non-hydrogen) atoms. The summed E-state index contributed by atoms with van der Waals surface area (Å²) in [5.41, 5.74) is 4.69. The molecule has 0 radical (unpaired) electrons. The number of aromatic nitrogens is 6. The van der Waals surface area contributed by atoms with Crippen LogP contribution in [0.25, 0.3) is 21.7 Å². The molecule has 5 aromatic rings. The van der Waals surface area contributed by atoms with Gasteiger partial charge in [-0.2, -0.15) is 0 Å². The molecule has 1 aromatic carbocycles. The second-order valence-corrected chi connectivity index (χ2v) is 12.1. The Morgan fingerprint density at radius 1 is 0.838 bits per heavy atom. The van der Waals surface area contributed by atoms with Crippen LogP contribution >= 0.6 is 11.3 Å². The summed E-state index contributed by atoms with van der Waals surface area (Å²) >= 11 is 1.54. The standard InChI is InChI=1S/C25H26N8O2S2/c1-12-9-21(28-15(4)26-12)32-22-11-19(23-24(33-22)30-16(5)29-23)31-18-8-7-17(10-20(18)37(6,34)35)25-27-13(2)14(3)36-25/h7-11H,1-6H3,(H3,26,28,29,30,31,32,33). The Morgan fingerprint density at radius 2 is 1.59 bits per heavy atom. The van der Waals surface area contributed by atoms with E-state index in [1.165, 1.54) is 17.6 Å². The van der Waals surface area contributed by atoms with Crippen LogP contribution in [0.5, 0.6) is 0 Å². The van der Waals surface area contributed by atoms with Gasteiger partial charge in [0.2, 0.25) is 0 Å². The summed E-state index contributed by atoms with van der Waals surface area (Å²) in [7, 11) is -3.57. The van der Waals surface area contributed by atoms with Gasteiger partial charge >= 0.3 is 0 Å². The molecule has 0 atom stereocenters. The first kappa shape index (κ1) is 24.8. The zero-order valence-electron chi connectivity index (χ0n) is 21.3. The number of hydrogen-bond acceptors (Lipinski definition) is 10. The minimum atomic E-state index is -3.57. The molecule has 0 saturated carbocycles. The summed E-state index contributed by atoms with van der Waals surface area (Å²) in [6, 6.07) is 8.90. The quantitative estimate of drug-likeness (QED) is 0.265. The van der Waals surface area contributed by atoms with Crippen LogP contribution in [0.15, 0.2) is 35.2 Å². The zero-order chi connectivity index (χ0) is 26.5. The van der Waals surface area contributed by atoms with Crippen LogP contribution in [0.4, 0.5) is 23.0 Å². The van der Waals surface area contributed by atoms with E-state index in [9.17, 15) is 8.42 Å². The van der Waals surface area contributed by atoms with Crippen LogP contribution in [0.2, 0.25) is 0 Å². The number of hydrogen-bond donors (Lipinski definition) is 3. The van der Waals surface area contributed by atoms with Crippen LogP contribution in [0.3, 0.4) is 0 Å². The van der Waals surface area contributed by atoms with Crippen molar-refractivity contribution < 1.29 is 8.42 Å². The summed E-state index contributed by atoms with van der Waals surface area (Å²) in [5.74, 6) is 2.45. The largest absolute Gasteiger partial charge is 0.352 e. The summed E-state index contributed by atoms with van der Waals surface area (Å²) in [5, 5.41) is 7.29. The Kier molecular flexibility index (Phi) is 6.16. The number of nitrogens with one attached hydrogen (secondary N) is 3. The topological polar surface area (TPSA) is 138 Å². The molecule has 0 aliphatic carbocycles. The summed E-state index contributed by atoms with van der Waals surface area (Å²) in [6.45, 7) is 9.50. The molecule has 0 aliphatic heterocycles. The van der Waals surface area contributed by atoms with Gasteiger partial charge < -0.3 is 15.6 Å². The second kappa shape index (κ2) is 9.20. The van der Waals surface area contributed by atoms with Gasteiger partial charge in [-0.05, 0) is 52.8 Å². The summed E-state index contributed by atoms with van der Waals surface area (Å²) in [4.78, 5) is 26.9. The van der Waals surface area contributed by atoms with E-state index in [0.29, 0.717) is 45.8 Å². The predicted octanol–water partition coefficient (Wildman–Crippen LogP) is 5.30. The maximum absolute atomic E-state index is 12.8. The fourth-order valence-electron chi connectivity index (χ4n) is 3.98. The number of H-pyrrole nitrogens is 1. The number of thiazole rings is 1. The number of sulfone groups is 1. The lowest BCUT2D eigenvalue weighted by Gasteiger charge is -2.14. The fraction of sp³-hybridized carbons (Fsp3) is 0.240. The van der Waals surface area contributed by atoms with Crippen LogP contribution in [0.1, 0.15) is 27.9 Å². The number of pyridine rings is 1. The average molecular weight is 535 g/mol. The highest BCUT2D eigenvalue weighted by Crippen LogP contribution is 2.35. The number of benzene rings is 1. The smallest absolute Gasteiger partial charge is 0.177 e. The van der Waals surface area contributed by atoms with E-state index in [1.807, 2.05) is 46.8 Å². The maximum atomic E-state index is 12.8. The molecule has 0 bridgehead atoms. The molecule has 0 fully saturated rings. The van der Waals surface area contributed by atoms with E-state index in [4.69, 9.17) is 0 Å². The number of aryl methyl sites for hydroxylation is 5. The van der Waals surface area contributed by atoms with E-state index in [0.717, 1.165) is 26.8 Å². The third-order valence-electron chi connectivity index (χ3n) is 5.72. The summed E-state index contributed by atoms with van der Waals surface area (Å²) in [6.07, 6.45) is 1.20. The molecule has 190 valence electrons. The predicted molar refractivity (Wildman–Crippen MR) is 147 cm³/mol. The van der Waals surface area contributed by atoms with Gasteiger partial charge in [-0.3, -0.25) is 0 Å². The Hall–Kier alpha value is -3.90. The lowest BCUT2D eigenvalue weighted by atomic mass is 10.2. The van der Waals surface area contributed by atoms with Crippen molar-refractivity contribution in [1.29, 1.82) is 0 Å². The molecule has 0 amide bonds. The molecule has 3 N–H and O–H groups in total. The molecular weight excluding hydrogens is 508 g/mol. The fourth-order valence-corrected chi connectivity index (χ4v) is 5.75. The first-order valence-corrected chi connectivity index (χ1v) is 14.2. The minimum absolute atomic E-state index is 0.171. The van der Waals surface area contributed by atoms with Crippen molar-refractivity contribution >= 4 is 55.3 Å². The molecule has 4 heterocycles. The van der Waals surface area contributed by atoms with Crippen molar-refractivity contribution in [1.82, 2.24) is 29.9 Å². The molecule has 0 saturated heterocycles. The third-order valence-corrected chi connectivity index (χ3v) is 7.98. The Morgan fingerprint density at radius 3 is 2.27 bits per heavy atom. The molecule has 10 nitrogen and oxygen atoms in total. The minimum Gasteiger partial charge on any atom is -0.352 e. The molecule has 0 unspecified atom stereocenters. The lowest BCUT2D eigenvalue weighted by Crippen LogP contribution is -2.05. The average Bonchev–Trinajstić information content (AvgIpc) is 3.33. The maximum Gasteiger partial charge on any atom is 0.177 e. The van der Waals surface area contributed by atoms with Crippen LogP contribution in [0, 0.1) is 34.6 Å². The van der Waals surface area contributed by atoms with Crippen molar-refractivity contribution in [3.8, 4) is 10.6 Å². The SMILES string of the molecule is Cc1cc(Nc2cc(Nc3ccc(-c4nc(C)c(C)s4)cc3S(C)(=O)=O)c3nc(C)[nH]c3n2)nc(C)n1. The van der Waals surface area contributed by atoms with Gasteiger partial charge in [0.15, 0.2) is 15.5 Å². The molecular formula is C25H26N8O2S2. The Bertz CT molecular complexity index is 1730. The van der Waals surface area contributed by atoms with Gasteiger partial charge in [0.25, 0.3) is 0 Å². The van der Waals surface area contributed by atoms with E-state index in [1.54, 1.807) is 18.2 Å². The molecule has 5 rings (SSSR count). The summed E-state index contributed by atoms with van der Waals surface area (Å²) < 4.78 is 25.6. The van der Waals surface area contributed by atoms with Crippen molar-refractivity contribution in [2.45, 2.75) is 39.5 Å². The number of imidazole rings is 1. The van der Waals surface area contributed by atoms with Gasteiger partial charge in [-0.15, -0.1) is 11.3 Å². The van der Waals surface area contributed by atoms with Gasteiger partial charge in [0.05, 0.1) is 22.0 Å². The van der Waals surface area contributed by atoms with Crippen molar-refractivity contribution in [3.05, 3.63) is 58.2 Å². The van der Waals surface area contributed by atoms with Crippen LogP contribution in [-0.2, 0) is 9.84 Å². The van der Waals surface area contributed by atoms with Gasteiger partial charge in [0.1, 0.15) is 33.8 Å². The van der Waals surface area contributed by atoms with E-state index < -0.39 is 9.84 Å². The van der Waals surface area contributed by atoms with E-state index in [-0.39, 0.29) is 4.90 Å². The second-order valence-electron chi connectivity index (χ2n) is 8.91. The van der Waals surface area contributed by atoms with E-state index >= 15 is 0 Å². The normalized spacial score (nSPS) is 11.7. The number of fused-ring (bicyclic) bond motifs is 1. The van der Waals surface area contributed by atoms with Crippen LogP contribution in [-0.4, -0.2) is 44.6 Å². The molecule has 4 aromatic heterocycles. The number of nitrogens with zero attached hydrogens (tertiary/aromatic N) is 5. The lowest BCUT2D eigenvalue weighted by molar-refractivity contribution is 0.602. The molecule has 0 aliphatic rings. The van der Waals surface area contributed by atoms with Crippen molar-refractivity contribution in [2.75, 3.05) is 16.9 Å². The van der Waals surface area contributed by atoms with Crippen molar-refractivity contribution in [2.24, 2.45) is 0 Å². The molecule has 12 heteroatoms. The highest BCUT2D eigenvalue weighted by atomic mass is 32.2. The van der Waals surface area contributed by atoms with Crippen molar-refractivity contribution in [3.63, 3.8) is 0 Å². The monoisotopic (exact) mass is 534 g/mol. The zero-order valence-corrected chi connectivity index (χ0v) is 22.9.